The fraction of sp³-hybridized carbons (Fsp3) is 0.467. The van der Waals surface area contributed by atoms with Crippen molar-refractivity contribution in [3.63, 3.8) is 0 Å². The summed E-state index contributed by atoms with van der Waals surface area (Å²) in [6.07, 6.45) is 8.91. The molecule has 18 heteroatoms. The minimum absolute atomic E-state index is 0.193. The van der Waals surface area contributed by atoms with Gasteiger partial charge in [-0.1, -0.05) is 0 Å². The van der Waals surface area contributed by atoms with E-state index < -0.39 is 24.3 Å². The number of carbonyl (C=O) groups excluding carboxylic acids is 4. The molecule has 0 aromatic carbocycles. The lowest BCUT2D eigenvalue weighted by molar-refractivity contribution is -0.134. The van der Waals surface area contributed by atoms with E-state index in [2.05, 4.69) is 50.0 Å². The van der Waals surface area contributed by atoms with E-state index in [0.29, 0.717) is 24.7 Å². The molecule has 0 aliphatic carbocycles. The molecule has 4 N–H and O–H groups in total. The topological polar surface area (TPSA) is 200 Å². The van der Waals surface area contributed by atoms with Crippen molar-refractivity contribution in [3.05, 3.63) is 36.4 Å². The Balaban J connectivity index is 1.12. The van der Waals surface area contributed by atoms with Crippen LogP contribution in [0.4, 0.5) is 9.59 Å². The molecule has 4 atom stereocenters. The van der Waals surface area contributed by atoms with Gasteiger partial charge in [0.15, 0.2) is 10.0 Å². The number of hydrogen-bond donors (Lipinski definition) is 4. The minimum Gasteiger partial charge on any atom is -0.453 e. The van der Waals surface area contributed by atoms with Crippen LogP contribution in [0.5, 0.6) is 0 Å². The maximum Gasteiger partial charge on any atom is 0.407 e. The summed E-state index contributed by atoms with van der Waals surface area (Å²) in [5, 5.41) is 6.58. The highest BCUT2D eigenvalue weighted by Gasteiger charge is 2.36. The molecule has 0 radical (unpaired) electrons. The van der Waals surface area contributed by atoms with Crippen LogP contribution in [0.15, 0.2) is 24.8 Å². The quantitative estimate of drug-likeness (QED) is 0.199. The van der Waals surface area contributed by atoms with Crippen LogP contribution in [0.1, 0.15) is 63.3 Å². The van der Waals surface area contributed by atoms with Crippen LogP contribution in [-0.4, -0.2) is 103 Å². The number of thiazole rings is 2. The Morgan fingerprint density at radius 3 is 1.54 bits per heavy atom. The number of aromatic nitrogens is 6. The van der Waals surface area contributed by atoms with Crippen LogP contribution in [-0.2, 0) is 19.1 Å². The van der Waals surface area contributed by atoms with Crippen LogP contribution < -0.4 is 10.6 Å². The van der Waals surface area contributed by atoms with Gasteiger partial charge in [0.05, 0.1) is 59.8 Å². The van der Waals surface area contributed by atoms with Gasteiger partial charge in [0.2, 0.25) is 11.8 Å². The second-order valence-electron chi connectivity index (χ2n) is 11.5. The number of likely N-dealkylation sites (tertiary alicyclic amines) is 2. The van der Waals surface area contributed by atoms with Crippen molar-refractivity contribution in [2.45, 2.75) is 63.7 Å². The highest BCUT2D eigenvalue weighted by molar-refractivity contribution is 7.24. The molecule has 0 saturated carbocycles. The van der Waals surface area contributed by atoms with Crippen molar-refractivity contribution in [1.29, 1.82) is 0 Å². The normalized spacial score (nSPS) is 18.8. The van der Waals surface area contributed by atoms with E-state index in [4.69, 9.17) is 0 Å². The average Bonchev–Trinajstić information content (AvgIpc) is 3.93. The highest BCUT2D eigenvalue weighted by Crippen LogP contribution is 2.38. The van der Waals surface area contributed by atoms with Gasteiger partial charge in [0.25, 0.3) is 0 Å². The third-order valence-electron chi connectivity index (χ3n) is 8.40. The van der Waals surface area contributed by atoms with Gasteiger partial charge in [-0.25, -0.2) is 29.5 Å². The molecule has 4 aromatic rings. The number of ether oxygens (including phenoxy) is 2. The molecule has 0 bridgehead atoms. The van der Waals surface area contributed by atoms with Gasteiger partial charge in [-0.15, -0.1) is 22.7 Å². The summed E-state index contributed by atoms with van der Waals surface area (Å²) in [5.41, 5.74) is 1.58. The Kier molecular flexibility index (Phi) is 9.72. The number of carbonyl (C=O) groups is 4. The zero-order valence-corrected chi connectivity index (χ0v) is 28.4. The molecule has 4 amide bonds. The number of H-pyrrole nitrogens is 2. The molecule has 2 saturated heterocycles. The molecule has 2 aliphatic rings. The second-order valence-corrected chi connectivity index (χ2v) is 13.6. The molecule has 2 aliphatic heterocycles. The molecule has 0 unspecified atom stereocenters. The van der Waals surface area contributed by atoms with E-state index in [1.807, 2.05) is 0 Å². The lowest BCUT2D eigenvalue weighted by Gasteiger charge is -2.26. The van der Waals surface area contributed by atoms with E-state index in [1.165, 1.54) is 36.9 Å². The molecular formula is C30H36N10O6S2. The Morgan fingerprint density at radius 2 is 1.15 bits per heavy atom. The van der Waals surface area contributed by atoms with E-state index in [0.717, 1.165) is 56.8 Å². The van der Waals surface area contributed by atoms with E-state index >= 15 is 0 Å². The average molecular weight is 697 g/mol. The van der Waals surface area contributed by atoms with E-state index in [9.17, 15) is 19.2 Å². The van der Waals surface area contributed by atoms with Crippen LogP contribution in [0.3, 0.4) is 0 Å². The number of nitrogens with zero attached hydrogens (tertiary/aromatic N) is 6. The van der Waals surface area contributed by atoms with Gasteiger partial charge in [-0.05, 0) is 39.5 Å². The van der Waals surface area contributed by atoms with Gasteiger partial charge in [0.1, 0.15) is 23.7 Å². The van der Waals surface area contributed by atoms with Crippen molar-refractivity contribution in [2.24, 2.45) is 0 Å². The fourth-order valence-electron chi connectivity index (χ4n) is 5.98. The zero-order chi connectivity index (χ0) is 33.9. The minimum atomic E-state index is -0.722. The second kappa shape index (κ2) is 14.1. The van der Waals surface area contributed by atoms with Gasteiger partial charge in [-0.2, -0.15) is 0 Å². The van der Waals surface area contributed by atoms with Crippen LogP contribution in [0.25, 0.3) is 31.2 Å². The van der Waals surface area contributed by atoms with E-state index in [1.54, 1.807) is 48.4 Å². The van der Waals surface area contributed by atoms with Crippen molar-refractivity contribution in [3.8, 4) is 31.2 Å². The molecule has 6 heterocycles. The summed E-state index contributed by atoms with van der Waals surface area (Å²) >= 11 is 2.95. The maximum absolute atomic E-state index is 13.1. The van der Waals surface area contributed by atoms with Crippen LogP contribution in [0.2, 0.25) is 0 Å². The number of amides is 4. The monoisotopic (exact) mass is 696 g/mol. The van der Waals surface area contributed by atoms with Crippen LogP contribution in [0, 0.1) is 0 Å². The smallest absolute Gasteiger partial charge is 0.407 e. The molecule has 2 fully saturated rings. The standard InChI is InChI=1S/C30H36N10O6S2/c1-15(35-29(43)45-3)27(41)39-9-5-7-19(39)23-31-11-17(37-23)21-13-33-25(47-21)26-34-14-22(48-26)18-12-32-24(38-18)20-8-6-10-40(20)28(42)16(2)36-30(44)46-4/h11-16,19-20H,5-10H2,1-4H3,(H,31,37)(H,32,38)(H,35,43)(H,36,44)/t15-,16-,19+,20+/m0/s1. The number of methoxy groups -OCH3 is 2. The van der Waals surface area contributed by atoms with Gasteiger partial charge >= 0.3 is 12.2 Å². The molecule has 6 rings (SSSR count). The first kappa shape index (κ1) is 33.1. The number of alkyl carbamates (subject to hydrolysis) is 2. The van der Waals surface area contributed by atoms with Gasteiger partial charge < -0.3 is 39.9 Å². The first-order valence-corrected chi connectivity index (χ1v) is 17.1. The Hall–Kier alpha value is -4.84. The number of imidazole rings is 2. The molecule has 254 valence electrons. The molecule has 0 spiro atoms. The zero-order valence-electron chi connectivity index (χ0n) is 26.8. The summed E-state index contributed by atoms with van der Waals surface area (Å²) < 4.78 is 9.25. The Morgan fingerprint density at radius 1 is 0.729 bits per heavy atom. The maximum atomic E-state index is 13.1. The number of nitrogens with one attached hydrogen (secondary N) is 4. The molecule has 4 aromatic heterocycles. The first-order valence-electron chi connectivity index (χ1n) is 15.5. The predicted molar refractivity (Wildman–Crippen MR) is 176 cm³/mol. The highest BCUT2D eigenvalue weighted by atomic mass is 32.1. The summed E-state index contributed by atoms with van der Waals surface area (Å²) in [5.74, 6) is 0.974. The SMILES string of the molecule is COC(=O)N[C@@H](C)C(=O)N1CCC[C@@H]1c1ncc(-c2cnc(-c3ncc(-c4cnc([C@H]5CCCN5C(=O)[C@H](C)NC(=O)OC)[nH]4)s3)s2)[nH]1. The Bertz CT molecular complexity index is 1670. The summed E-state index contributed by atoms with van der Waals surface area (Å²) in [6.45, 7) is 4.42. The molecule has 16 nitrogen and oxygen atoms in total. The summed E-state index contributed by atoms with van der Waals surface area (Å²) in [6, 6.07) is -1.90. The number of hydrogen-bond acceptors (Lipinski definition) is 12. The fourth-order valence-corrected chi connectivity index (χ4v) is 7.77. The van der Waals surface area contributed by atoms with Crippen molar-refractivity contribution < 1.29 is 28.7 Å². The van der Waals surface area contributed by atoms with Gasteiger partial charge in [0, 0.05) is 25.5 Å². The first-order chi connectivity index (χ1) is 23.2. The largest absolute Gasteiger partial charge is 0.453 e. The van der Waals surface area contributed by atoms with Crippen LogP contribution >= 0.6 is 22.7 Å². The third-order valence-corrected chi connectivity index (χ3v) is 10.6. The molecule has 48 heavy (non-hydrogen) atoms. The lowest BCUT2D eigenvalue weighted by atomic mass is 10.2. The third kappa shape index (κ3) is 6.75. The Labute approximate surface area is 283 Å². The predicted octanol–water partition coefficient (Wildman–Crippen LogP) is 3.86. The van der Waals surface area contributed by atoms with E-state index in [-0.39, 0.29) is 23.9 Å². The van der Waals surface area contributed by atoms with Crippen molar-refractivity contribution in [1.82, 2.24) is 50.3 Å². The number of aromatic amines is 2. The van der Waals surface area contributed by atoms with Gasteiger partial charge in [-0.3, -0.25) is 9.59 Å². The van der Waals surface area contributed by atoms with Crippen molar-refractivity contribution >= 4 is 46.7 Å². The lowest BCUT2D eigenvalue weighted by Crippen LogP contribution is -2.46. The number of rotatable bonds is 9. The summed E-state index contributed by atoms with van der Waals surface area (Å²) in [4.78, 5) is 79.7. The summed E-state index contributed by atoms with van der Waals surface area (Å²) in [7, 11) is 2.52. The molecular weight excluding hydrogens is 661 g/mol. The van der Waals surface area contributed by atoms with Crippen molar-refractivity contribution in [2.75, 3.05) is 27.3 Å².